The Morgan fingerprint density at radius 3 is 2.48 bits per heavy atom. The Morgan fingerprint density at radius 1 is 1.15 bits per heavy atom. The summed E-state index contributed by atoms with van der Waals surface area (Å²) < 4.78 is 51.1. The molecule has 2 heterocycles. The highest BCUT2D eigenvalue weighted by molar-refractivity contribution is 9.10. The molecule has 0 saturated heterocycles. The van der Waals surface area contributed by atoms with Crippen LogP contribution < -0.4 is 4.74 Å². The first-order valence-electron chi connectivity index (χ1n) is 7.73. The Labute approximate surface area is 159 Å². The van der Waals surface area contributed by atoms with Crippen molar-refractivity contribution in [3.05, 3.63) is 58.3 Å². The van der Waals surface area contributed by atoms with Crippen LogP contribution >= 0.6 is 15.9 Å². The zero-order valence-corrected chi connectivity index (χ0v) is 15.0. The molecule has 1 aliphatic heterocycles. The topological polar surface area (TPSA) is 59.7 Å². The highest BCUT2D eigenvalue weighted by atomic mass is 79.9. The summed E-state index contributed by atoms with van der Waals surface area (Å²) in [4.78, 5) is 11.2. The molecular formula is C19H10BrF3O4. The molecule has 1 atom stereocenters. The number of carboxylic acid groups (broad SMARTS) is 1. The number of hydrogen-bond acceptors (Lipinski definition) is 3. The van der Waals surface area contributed by atoms with Crippen molar-refractivity contribution < 1.29 is 32.2 Å². The number of aliphatic carboxylic acids is 1. The zero-order valence-electron chi connectivity index (χ0n) is 13.4. The third-order valence-corrected chi connectivity index (χ3v) is 4.77. The Bertz CT molecular complexity index is 1080. The summed E-state index contributed by atoms with van der Waals surface area (Å²) in [5.41, 5.74) is 1.29. The molecule has 1 N–H and O–H groups in total. The summed E-state index contributed by atoms with van der Waals surface area (Å²) >= 11 is 3.35. The van der Waals surface area contributed by atoms with Gasteiger partial charge in [-0.1, -0.05) is 28.1 Å². The second-order valence-corrected chi connectivity index (χ2v) is 6.90. The van der Waals surface area contributed by atoms with Crippen LogP contribution in [0.3, 0.4) is 0 Å². The molecule has 3 aromatic rings. The predicted octanol–water partition coefficient (Wildman–Crippen LogP) is 5.65. The standard InChI is InChI=1S/C19H10BrF3O4/c20-11-3-1-9(2-4-11)14-8-26-16-6-10-5-13(18(24)25)17(19(21,22)23)27-15(10)7-12(14)16/h1-8,17H,(H,24,25). The number of furan rings is 1. The van der Waals surface area contributed by atoms with Gasteiger partial charge >= 0.3 is 12.1 Å². The van der Waals surface area contributed by atoms with E-state index in [0.717, 1.165) is 16.1 Å². The van der Waals surface area contributed by atoms with Gasteiger partial charge < -0.3 is 14.3 Å². The number of hydrogen-bond donors (Lipinski definition) is 1. The number of rotatable bonds is 2. The van der Waals surface area contributed by atoms with Crippen LogP contribution in [0.25, 0.3) is 28.2 Å². The molecule has 0 amide bonds. The summed E-state index contributed by atoms with van der Waals surface area (Å²) in [5.74, 6) is -1.73. The van der Waals surface area contributed by atoms with E-state index in [-0.39, 0.29) is 11.3 Å². The van der Waals surface area contributed by atoms with E-state index in [1.165, 1.54) is 18.4 Å². The second-order valence-electron chi connectivity index (χ2n) is 5.99. The lowest BCUT2D eigenvalue weighted by Crippen LogP contribution is -2.40. The third-order valence-electron chi connectivity index (χ3n) is 4.24. The second kappa shape index (κ2) is 6.16. The van der Waals surface area contributed by atoms with E-state index in [1.54, 1.807) is 0 Å². The lowest BCUT2D eigenvalue weighted by atomic mass is 9.98. The first-order chi connectivity index (χ1) is 12.7. The fraction of sp³-hybridized carbons (Fsp3) is 0.105. The molecule has 0 bridgehead atoms. The van der Waals surface area contributed by atoms with Gasteiger partial charge in [-0.05, 0) is 35.9 Å². The van der Waals surface area contributed by atoms with E-state index in [2.05, 4.69) is 15.9 Å². The van der Waals surface area contributed by atoms with Gasteiger partial charge in [-0.3, -0.25) is 0 Å². The van der Waals surface area contributed by atoms with Crippen LogP contribution in [-0.2, 0) is 4.79 Å². The highest BCUT2D eigenvalue weighted by Crippen LogP contribution is 2.41. The van der Waals surface area contributed by atoms with E-state index in [9.17, 15) is 18.0 Å². The van der Waals surface area contributed by atoms with Crippen molar-refractivity contribution in [2.45, 2.75) is 12.3 Å². The molecule has 0 aliphatic carbocycles. The Morgan fingerprint density at radius 2 is 1.85 bits per heavy atom. The first-order valence-corrected chi connectivity index (χ1v) is 8.53. The van der Waals surface area contributed by atoms with Gasteiger partial charge in [0.15, 0.2) is 0 Å². The summed E-state index contributed by atoms with van der Waals surface area (Å²) in [6, 6.07) is 10.3. The maximum absolute atomic E-state index is 13.2. The van der Waals surface area contributed by atoms with Crippen molar-refractivity contribution in [1.29, 1.82) is 0 Å². The molecule has 27 heavy (non-hydrogen) atoms. The van der Waals surface area contributed by atoms with Crippen LogP contribution in [0.1, 0.15) is 5.56 Å². The number of benzene rings is 2. The van der Waals surface area contributed by atoms with Gasteiger partial charge in [-0.15, -0.1) is 0 Å². The van der Waals surface area contributed by atoms with Crippen molar-refractivity contribution in [2.75, 3.05) is 0 Å². The minimum Gasteiger partial charge on any atom is -0.478 e. The normalized spacial score (nSPS) is 16.6. The van der Waals surface area contributed by atoms with E-state index < -0.39 is 23.8 Å². The van der Waals surface area contributed by atoms with Crippen molar-refractivity contribution in [3.63, 3.8) is 0 Å². The van der Waals surface area contributed by atoms with E-state index >= 15 is 0 Å². The van der Waals surface area contributed by atoms with Crippen molar-refractivity contribution in [3.8, 4) is 16.9 Å². The maximum atomic E-state index is 13.2. The predicted molar refractivity (Wildman–Crippen MR) is 95.4 cm³/mol. The molecule has 0 radical (unpaired) electrons. The molecule has 138 valence electrons. The molecule has 2 aromatic carbocycles. The molecule has 1 aliphatic rings. The monoisotopic (exact) mass is 438 g/mol. The van der Waals surface area contributed by atoms with Crippen LogP contribution in [0.4, 0.5) is 13.2 Å². The van der Waals surface area contributed by atoms with Crippen LogP contribution in [0.15, 0.2) is 57.1 Å². The van der Waals surface area contributed by atoms with Gasteiger partial charge in [-0.25, -0.2) is 4.79 Å². The zero-order chi connectivity index (χ0) is 19.3. The number of fused-ring (bicyclic) bond motifs is 2. The number of alkyl halides is 3. The number of ether oxygens (including phenoxy) is 1. The quantitative estimate of drug-likeness (QED) is 0.561. The largest absolute Gasteiger partial charge is 0.478 e. The highest BCUT2D eigenvalue weighted by Gasteiger charge is 2.48. The van der Waals surface area contributed by atoms with Crippen molar-refractivity contribution >= 4 is 38.9 Å². The van der Waals surface area contributed by atoms with Gasteiger partial charge in [0, 0.05) is 21.0 Å². The first kappa shape index (κ1) is 17.7. The maximum Gasteiger partial charge on any atom is 0.430 e. The summed E-state index contributed by atoms with van der Waals surface area (Å²) in [6.07, 6.45) is -4.90. The summed E-state index contributed by atoms with van der Waals surface area (Å²) in [6.45, 7) is 0. The summed E-state index contributed by atoms with van der Waals surface area (Å²) in [7, 11) is 0. The number of halogens is 4. The van der Waals surface area contributed by atoms with E-state index in [4.69, 9.17) is 14.3 Å². The lowest BCUT2D eigenvalue weighted by Gasteiger charge is -2.27. The Balaban J connectivity index is 1.87. The van der Waals surface area contributed by atoms with Crippen LogP contribution in [-0.4, -0.2) is 23.4 Å². The molecule has 8 heteroatoms. The molecule has 0 fully saturated rings. The fourth-order valence-corrected chi connectivity index (χ4v) is 3.25. The Hall–Kier alpha value is -2.74. The smallest absolute Gasteiger partial charge is 0.430 e. The van der Waals surface area contributed by atoms with Gasteiger partial charge in [0.1, 0.15) is 11.3 Å². The molecule has 1 unspecified atom stereocenters. The average molecular weight is 439 g/mol. The van der Waals surface area contributed by atoms with Crippen molar-refractivity contribution in [1.82, 2.24) is 0 Å². The fourth-order valence-electron chi connectivity index (χ4n) is 2.99. The SMILES string of the molecule is O=C(O)C1=Cc2cc3occ(-c4ccc(Br)cc4)c3cc2OC1C(F)(F)F. The average Bonchev–Trinajstić information content (AvgIpc) is 3.01. The number of carbonyl (C=O) groups is 1. The molecular weight excluding hydrogens is 429 g/mol. The van der Waals surface area contributed by atoms with E-state index in [0.29, 0.717) is 16.5 Å². The molecule has 1 aromatic heterocycles. The lowest BCUT2D eigenvalue weighted by molar-refractivity contribution is -0.187. The summed E-state index contributed by atoms with van der Waals surface area (Å²) in [5, 5.41) is 9.68. The molecule has 0 saturated carbocycles. The van der Waals surface area contributed by atoms with Gasteiger partial charge in [0.05, 0.1) is 11.8 Å². The van der Waals surface area contributed by atoms with Gasteiger partial charge in [-0.2, -0.15) is 13.2 Å². The van der Waals surface area contributed by atoms with E-state index in [1.807, 2.05) is 24.3 Å². The number of carboxylic acids is 1. The van der Waals surface area contributed by atoms with Crippen LogP contribution in [0, 0.1) is 0 Å². The van der Waals surface area contributed by atoms with Crippen molar-refractivity contribution in [2.24, 2.45) is 0 Å². The minimum absolute atomic E-state index is 0.0467. The third kappa shape index (κ3) is 3.10. The molecule has 0 spiro atoms. The minimum atomic E-state index is -4.85. The molecule has 4 nitrogen and oxygen atoms in total. The van der Waals surface area contributed by atoms with Crippen LogP contribution in [0.2, 0.25) is 0 Å². The van der Waals surface area contributed by atoms with Crippen LogP contribution in [0.5, 0.6) is 5.75 Å². The van der Waals surface area contributed by atoms with Gasteiger partial charge in [0.25, 0.3) is 0 Å². The Kier molecular flexibility index (Phi) is 4.03. The van der Waals surface area contributed by atoms with Gasteiger partial charge in [0.2, 0.25) is 6.10 Å². The molecule has 4 rings (SSSR count).